The minimum Gasteiger partial charge on any atom is -0.280 e. The van der Waals surface area contributed by atoms with Gasteiger partial charge in [-0.15, -0.1) is 0 Å². The van der Waals surface area contributed by atoms with Crippen molar-refractivity contribution in [2.45, 2.75) is 4.58 Å². The van der Waals surface area contributed by atoms with Crippen LogP contribution in [0.2, 0.25) is 0 Å². The van der Waals surface area contributed by atoms with Crippen molar-refractivity contribution in [1.82, 2.24) is 0 Å². The van der Waals surface area contributed by atoms with Gasteiger partial charge in [0.15, 0.2) is 4.58 Å². The lowest BCUT2D eigenvalue weighted by atomic mass is 10.0. The summed E-state index contributed by atoms with van der Waals surface area (Å²) in [5.41, 5.74) is 0. The summed E-state index contributed by atoms with van der Waals surface area (Å²) in [7, 11) is 0. The lowest BCUT2D eigenvalue weighted by molar-refractivity contribution is -0.115. The van der Waals surface area contributed by atoms with Gasteiger partial charge in [0, 0.05) is 5.03 Å². The molecule has 0 saturated carbocycles. The van der Waals surface area contributed by atoms with Gasteiger partial charge in [0.2, 0.25) is 5.24 Å². The number of hydrogen-bond acceptors (Lipinski definition) is 1. The molecule has 0 amide bonds. The molecule has 12 heavy (non-hydrogen) atoms. The molecule has 0 saturated heterocycles. The molecule has 1 aliphatic rings. The summed E-state index contributed by atoms with van der Waals surface area (Å²) in [4.78, 5) is 10.7. The van der Waals surface area contributed by atoms with Gasteiger partial charge in [0.1, 0.15) is 0 Å². The first kappa shape index (κ1) is 10.2. The zero-order valence-electron chi connectivity index (χ0n) is 5.73. The van der Waals surface area contributed by atoms with Gasteiger partial charge in [-0.25, -0.2) is 4.39 Å². The van der Waals surface area contributed by atoms with E-state index in [1.807, 2.05) is 0 Å². The number of halogens is 4. The van der Waals surface area contributed by atoms with Gasteiger partial charge in [-0.05, 0) is 39.7 Å². The molecular weight excluding hydrogens is 270 g/mol. The molecule has 0 N–H and O–H groups in total. The smallest absolute Gasteiger partial charge is 0.233 e. The van der Waals surface area contributed by atoms with Crippen LogP contribution >= 0.6 is 39.1 Å². The number of hydrogen-bond donors (Lipinski definition) is 0. The van der Waals surface area contributed by atoms with E-state index in [4.69, 9.17) is 23.2 Å². The van der Waals surface area contributed by atoms with E-state index in [0.29, 0.717) is 0 Å². The Labute approximate surface area is 87.3 Å². The predicted molar refractivity (Wildman–Crippen MR) is 50.2 cm³/mol. The summed E-state index contributed by atoms with van der Waals surface area (Å²) in [5.74, 6) is -1.01. The highest BCUT2D eigenvalue weighted by Crippen LogP contribution is 2.38. The van der Waals surface area contributed by atoms with E-state index in [2.05, 4.69) is 15.9 Å². The summed E-state index contributed by atoms with van der Waals surface area (Å²) in [5, 5.41) is -0.519. The molecule has 0 spiro atoms. The molecule has 0 aromatic carbocycles. The summed E-state index contributed by atoms with van der Waals surface area (Å²) < 4.78 is 11.5. The quantitative estimate of drug-likeness (QED) is 0.530. The van der Waals surface area contributed by atoms with Crippen LogP contribution in [0.5, 0.6) is 0 Å². The highest BCUT2D eigenvalue weighted by Gasteiger charge is 2.39. The number of rotatable bonds is 1. The minimum atomic E-state index is -1.96. The molecule has 0 aromatic heterocycles. The van der Waals surface area contributed by atoms with Crippen LogP contribution in [0.15, 0.2) is 23.3 Å². The molecule has 5 heteroatoms. The monoisotopic (exact) mass is 272 g/mol. The lowest BCUT2D eigenvalue weighted by Crippen LogP contribution is -2.29. The molecule has 1 rings (SSSR count). The van der Waals surface area contributed by atoms with Crippen LogP contribution in [0.25, 0.3) is 0 Å². The Balaban J connectivity index is 2.96. The highest BCUT2D eigenvalue weighted by atomic mass is 79.9. The number of carbonyl (C=O) groups is 1. The summed E-state index contributed by atoms with van der Waals surface area (Å²) in [6.45, 7) is 0. The van der Waals surface area contributed by atoms with Crippen molar-refractivity contribution in [3.8, 4) is 0 Å². The van der Waals surface area contributed by atoms with Crippen molar-refractivity contribution in [2.24, 2.45) is 5.92 Å². The first-order valence-electron chi connectivity index (χ1n) is 3.07. The predicted octanol–water partition coefficient (Wildman–Crippen LogP) is 3.12. The third-order valence-corrected chi connectivity index (χ3v) is 2.63. The fraction of sp³-hybridized carbons (Fsp3) is 0.286. The molecule has 0 radical (unpaired) electrons. The Bertz CT molecular complexity index is 273. The van der Waals surface area contributed by atoms with E-state index in [9.17, 15) is 9.18 Å². The molecule has 1 nitrogen and oxygen atoms in total. The number of allylic oxidation sites excluding steroid dienone is 4. The average Bonchev–Trinajstić information content (AvgIpc) is 1.82. The Morgan fingerprint density at radius 3 is 2.75 bits per heavy atom. The molecule has 0 aliphatic heterocycles. The van der Waals surface area contributed by atoms with E-state index in [-0.39, 0.29) is 5.03 Å². The molecule has 0 aromatic rings. The SMILES string of the molecule is O=C(Cl)C1C=CC(Cl)=CC1(F)Br. The molecule has 0 heterocycles. The van der Waals surface area contributed by atoms with E-state index < -0.39 is 15.7 Å². The summed E-state index contributed by atoms with van der Waals surface area (Å²) >= 11 is 13.4. The molecule has 2 unspecified atom stereocenters. The van der Waals surface area contributed by atoms with Crippen LogP contribution in [0.4, 0.5) is 4.39 Å². The van der Waals surface area contributed by atoms with Crippen molar-refractivity contribution < 1.29 is 9.18 Å². The third kappa shape index (κ3) is 2.09. The van der Waals surface area contributed by atoms with E-state index >= 15 is 0 Å². The van der Waals surface area contributed by atoms with E-state index in [1.165, 1.54) is 12.2 Å². The second-order valence-corrected chi connectivity index (χ2v) is 4.37. The van der Waals surface area contributed by atoms with Crippen LogP contribution in [-0.2, 0) is 4.79 Å². The Morgan fingerprint density at radius 1 is 1.75 bits per heavy atom. The Kier molecular flexibility index (Phi) is 2.97. The first-order valence-corrected chi connectivity index (χ1v) is 4.62. The van der Waals surface area contributed by atoms with Crippen molar-refractivity contribution >= 4 is 44.4 Å². The van der Waals surface area contributed by atoms with E-state index in [0.717, 1.165) is 6.08 Å². The van der Waals surface area contributed by atoms with Gasteiger partial charge in [0.05, 0.1) is 5.92 Å². The highest BCUT2D eigenvalue weighted by molar-refractivity contribution is 9.10. The van der Waals surface area contributed by atoms with Crippen molar-refractivity contribution in [3.63, 3.8) is 0 Å². The zero-order chi connectivity index (χ0) is 9.35. The van der Waals surface area contributed by atoms with Gasteiger partial charge in [0.25, 0.3) is 0 Å². The van der Waals surface area contributed by atoms with Gasteiger partial charge in [-0.1, -0.05) is 17.7 Å². The summed E-state index contributed by atoms with van der Waals surface area (Å²) in [6.07, 6.45) is 3.86. The largest absolute Gasteiger partial charge is 0.280 e. The molecule has 2 atom stereocenters. The van der Waals surface area contributed by atoms with Crippen molar-refractivity contribution in [1.29, 1.82) is 0 Å². The first-order chi connectivity index (χ1) is 5.43. The molecule has 0 fully saturated rings. The normalized spacial score (nSPS) is 34.7. The Morgan fingerprint density at radius 2 is 2.33 bits per heavy atom. The van der Waals surface area contributed by atoms with Crippen LogP contribution in [0.3, 0.4) is 0 Å². The van der Waals surface area contributed by atoms with Gasteiger partial charge < -0.3 is 0 Å². The topological polar surface area (TPSA) is 17.1 Å². The van der Waals surface area contributed by atoms with Gasteiger partial charge in [-0.2, -0.15) is 0 Å². The van der Waals surface area contributed by atoms with E-state index in [1.54, 1.807) is 0 Å². The minimum absolute atomic E-state index is 0.239. The average molecular weight is 274 g/mol. The zero-order valence-corrected chi connectivity index (χ0v) is 8.83. The van der Waals surface area contributed by atoms with Crippen molar-refractivity contribution in [2.75, 3.05) is 0 Å². The fourth-order valence-corrected chi connectivity index (χ4v) is 2.20. The van der Waals surface area contributed by atoms with Crippen LogP contribution in [-0.4, -0.2) is 9.82 Å². The second-order valence-electron chi connectivity index (χ2n) is 2.34. The van der Waals surface area contributed by atoms with Gasteiger partial charge in [-0.3, -0.25) is 4.79 Å². The molecule has 1 aliphatic carbocycles. The van der Waals surface area contributed by atoms with Gasteiger partial charge >= 0.3 is 0 Å². The van der Waals surface area contributed by atoms with Crippen molar-refractivity contribution in [3.05, 3.63) is 23.3 Å². The number of carbonyl (C=O) groups excluding carboxylic acids is 1. The fourth-order valence-electron chi connectivity index (χ4n) is 0.865. The van der Waals surface area contributed by atoms with Crippen LogP contribution in [0, 0.1) is 5.92 Å². The Hall–Kier alpha value is 0.140. The second kappa shape index (κ2) is 3.48. The maximum absolute atomic E-state index is 13.4. The molecule has 0 bridgehead atoms. The maximum Gasteiger partial charge on any atom is 0.233 e. The standard InChI is InChI=1S/C7H4BrCl2FO/c8-7(11)3-4(9)1-2-5(7)6(10)12/h1-3,5H. The molecule has 66 valence electrons. The van der Waals surface area contributed by atoms with Crippen LogP contribution < -0.4 is 0 Å². The number of alkyl halides is 2. The molecular formula is C7H4BrCl2FO. The maximum atomic E-state index is 13.4. The van der Waals surface area contributed by atoms with Crippen LogP contribution in [0.1, 0.15) is 0 Å². The summed E-state index contributed by atoms with van der Waals surface area (Å²) in [6, 6.07) is 0. The lowest BCUT2D eigenvalue weighted by Gasteiger charge is -2.22. The third-order valence-electron chi connectivity index (χ3n) is 1.44.